The quantitative estimate of drug-likeness (QED) is 0.512. The molecule has 9 heteroatoms. The van der Waals surface area contributed by atoms with Crippen molar-refractivity contribution in [2.75, 3.05) is 51.3 Å². The molecule has 8 nitrogen and oxygen atoms in total. The number of hydrogen-bond acceptors (Lipinski definition) is 7. The molecule has 2 aliphatic rings. The van der Waals surface area contributed by atoms with Crippen LogP contribution in [-0.2, 0) is 11.3 Å². The monoisotopic (exact) mass is 495 g/mol. The molecule has 0 aliphatic carbocycles. The van der Waals surface area contributed by atoms with E-state index in [2.05, 4.69) is 32.1 Å². The van der Waals surface area contributed by atoms with E-state index in [9.17, 15) is 4.79 Å². The SMILES string of the molecule is COc1ccc(N2CCN(C(=O)C3CCN(Cc4nc(-c5ccc(Cl)cc5)no4)CC3)CC2)cc1. The summed E-state index contributed by atoms with van der Waals surface area (Å²) in [5.74, 6) is 2.40. The first kappa shape index (κ1) is 23.6. The van der Waals surface area contributed by atoms with Crippen molar-refractivity contribution >= 4 is 23.2 Å². The zero-order valence-electron chi connectivity index (χ0n) is 19.9. The lowest BCUT2D eigenvalue weighted by Crippen LogP contribution is -2.51. The number of piperazine rings is 1. The number of likely N-dealkylation sites (tertiary alicyclic amines) is 1. The van der Waals surface area contributed by atoms with Gasteiger partial charge in [-0.25, -0.2) is 0 Å². The first-order valence-electron chi connectivity index (χ1n) is 12.1. The van der Waals surface area contributed by atoms with E-state index in [4.69, 9.17) is 20.9 Å². The van der Waals surface area contributed by atoms with Gasteiger partial charge in [0.05, 0.1) is 13.7 Å². The van der Waals surface area contributed by atoms with E-state index in [1.54, 1.807) is 7.11 Å². The van der Waals surface area contributed by atoms with Crippen LogP contribution in [0, 0.1) is 5.92 Å². The van der Waals surface area contributed by atoms with Gasteiger partial charge in [-0.05, 0) is 74.5 Å². The Hall–Kier alpha value is -3.10. The number of amides is 1. The van der Waals surface area contributed by atoms with E-state index < -0.39 is 0 Å². The second-order valence-electron chi connectivity index (χ2n) is 9.08. The lowest BCUT2D eigenvalue weighted by atomic mass is 9.95. The van der Waals surface area contributed by atoms with Gasteiger partial charge in [0.15, 0.2) is 0 Å². The maximum Gasteiger partial charge on any atom is 0.241 e. The fraction of sp³-hybridized carbons (Fsp3) is 0.423. The van der Waals surface area contributed by atoms with Gasteiger partial charge in [0, 0.05) is 48.4 Å². The van der Waals surface area contributed by atoms with Crippen LogP contribution in [0.2, 0.25) is 5.02 Å². The fourth-order valence-corrected chi connectivity index (χ4v) is 4.93. The van der Waals surface area contributed by atoms with Gasteiger partial charge in [-0.3, -0.25) is 9.69 Å². The van der Waals surface area contributed by atoms with Crippen LogP contribution in [0.5, 0.6) is 5.75 Å². The van der Waals surface area contributed by atoms with Gasteiger partial charge >= 0.3 is 0 Å². The van der Waals surface area contributed by atoms with Gasteiger partial charge in [-0.2, -0.15) is 4.98 Å². The Kier molecular flexibility index (Phi) is 7.20. The first-order chi connectivity index (χ1) is 17.1. The molecular weight excluding hydrogens is 466 g/mol. The van der Waals surface area contributed by atoms with Crippen LogP contribution in [-0.4, -0.2) is 72.2 Å². The maximum absolute atomic E-state index is 13.2. The van der Waals surface area contributed by atoms with Crippen LogP contribution in [0.15, 0.2) is 53.1 Å². The molecule has 2 saturated heterocycles. The number of methoxy groups -OCH3 is 1. The molecule has 0 bridgehead atoms. The Morgan fingerprint density at radius 3 is 2.34 bits per heavy atom. The molecule has 5 rings (SSSR count). The maximum atomic E-state index is 13.2. The summed E-state index contributed by atoms with van der Waals surface area (Å²) >= 11 is 5.95. The summed E-state index contributed by atoms with van der Waals surface area (Å²) in [7, 11) is 1.67. The minimum atomic E-state index is 0.0890. The summed E-state index contributed by atoms with van der Waals surface area (Å²) in [4.78, 5) is 24.3. The van der Waals surface area contributed by atoms with Crippen molar-refractivity contribution in [3.63, 3.8) is 0 Å². The lowest BCUT2D eigenvalue weighted by Gasteiger charge is -2.39. The molecule has 0 saturated carbocycles. The van der Waals surface area contributed by atoms with Crippen LogP contribution < -0.4 is 9.64 Å². The molecule has 0 N–H and O–H groups in total. The molecule has 0 spiro atoms. The Bertz CT molecular complexity index is 1120. The molecular formula is C26H30ClN5O3. The number of halogens is 1. The van der Waals surface area contributed by atoms with Crippen molar-refractivity contribution < 1.29 is 14.1 Å². The van der Waals surface area contributed by atoms with E-state index in [0.29, 0.717) is 29.2 Å². The summed E-state index contributed by atoms with van der Waals surface area (Å²) in [5.41, 5.74) is 2.05. The van der Waals surface area contributed by atoms with Gasteiger partial charge < -0.3 is 19.1 Å². The third-order valence-electron chi connectivity index (χ3n) is 6.90. The van der Waals surface area contributed by atoms with Crippen molar-refractivity contribution in [1.82, 2.24) is 19.9 Å². The predicted octanol–water partition coefficient (Wildman–Crippen LogP) is 3.96. The summed E-state index contributed by atoms with van der Waals surface area (Å²) in [6.07, 6.45) is 1.71. The summed E-state index contributed by atoms with van der Waals surface area (Å²) in [6.45, 7) is 5.53. The highest BCUT2D eigenvalue weighted by molar-refractivity contribution is 6.30. The molecule has 3 aromatic rings. The molecule has 184 valence electrons. The highest BCUT2D eigenvalue weighted by atomic mass is 35.5. The van der Waals surface area contributed by atoms with Gasteiger partial charge in [-0.15, -0.1) is 0 Å². The number of hydrogen-bond donors (Lipinski definition) is 0. The molecule has 35 heavy (non-hydrogen) atoms. The number of piperidine rings is 1. The summed E-state index contributed by atoms with van der Waals surface area (Å²) in [5, 5.41) is 4.77. The third-order valence-corrected chi connectivity index (χ3v) is 7.15. The standard InChI is InChI=1S/C26H30ClN5O3/c1-34-23-8-6-22(7-9-23)31-14-16-32(17-15-31)26(33)20-10-12-30(13-11-20)18-24-28-25(29-35-24)19-2-4-21(27)5-3-19/h2-9,20H,10-18H2,1H3. The molecule has 0 unspecified atom stereocenters. The average Bonchev–Trinajstić information content (AvgIpc) is 3.38. The molecule has 2 aromatic carbocycles. The van der Waals surface area contributed by atoms with Gasteiger partial charge in [0.25, 0.3) is 0 Å². The first-order valence-corrected chi connectivity index (χ1v) is 12.5. The zero-order chi connectivity index (χ0) is 24.2. The molecule has 3 heterocycles. The largest absolute Gasteiger partial charge is 0.497 e. The van der Waals surface area contributed by atoms with Crippen LogP contribution in [0.1, 0.15) is 18.7 Å². The number of carbonyl (C=O) groups is 1. The van der Waals surface area contributed by atoms with Crippen molar-refractivity contribution in [2.24, 2.45) is 5.92 Å². The molecule has 1 amide bonds. The van der Waals surface area contributed by atoms with E-state index in [-0.39, 0.29) is 5.92 Å². The second-order valence-corrected chi connectivity index (χ2v) is 9.52. The second kappa shape index (κ2) is 10.7. The number of nitrogens with zero attached hydrogens (tertiary/aromatic N) is 5. The Morgan fingerprint density at radius 1 is 1.00 bits per heavy atom. The summed E-state index contributed by atoms with van der Waals surface area (Å²) < 4.78 is 10.7. The molecule has 1 aromatic heterocycles. The predicted molar refractivity (Wildman–Crippen MR) is 135 cm³/mol. The van der Waals surface area contributed by atoms with E-state index in [1.807, 2.05) is 41.3 Å². The van der Waals surface area contributed by atoms with E-state index in [0.717, 1.165) is 63.4 Å². The molecule has 0 atom stereocenters. The van der Waals surface area contributed by atoms with Crippen LogP contribution in [0.25, 0.3) is 11.4 Å². The Balaban J connectivity index is 1.08. The Labute approximate surface area is 210 Å². The smallest absolute Gasteiger partial charge is 0.241 e. The number of carbonyl (C=O) groups excluding carboxylic acids is 1. The van der Waals surface area contributed by atoms with Crippen LogP contribution in [0.4, 0.5) is 5.69 Å². The van der Waals surface area contributed by atoms with Crippen molar-refractivity contribution in [3.05, 3.63) is 59.4 Å². The van der Waals surface area contributed by atoms with Crippen molar-refractivity contribution in [1.29, 1.82) is 0 Å². The number of ether oxygens (including phenoxy) is 1. The number of aromatic nitrogens is 2. The normalized spacial score (nSPS) is 17.5. The molecule has 0 radical (unpaired) electrons. The molecule has 2 fully saturated rings. The fourth-order valence-electron chi connectivity index (χ4n) is 4.80. The zero-order valence-corrected chi connectivity index (χ0v) is 20.7. The molecule has 2 aliphatic heterocycles. The summed E-state index contributed by atoms with van der Waals surface area (Å²) in [6, 6.07) is 15.5. The van der Waals surface area contributed by atoms with Gasteiger partial charge in [-0.1, -0.05) is 16.8 Å². The highest BCUT2D eigenvalue weighted by Crippen LogP contribution is 2.25. The van der Waals surface area contributed by atoms with Gasteiger partial charge in [0.1, 0.15) is 5.75 Å². The minimum Gasteiger partial charge on any atom is -0.497 e. The van der Waals surface area contributed by atoms with Crippen LogP contribution in [0.3, 0.4) is 0 Å². The third kappa shape index (κ3) is 5.60. The van der Waals surface area contributed by atoms with Gasteiger partial charge in [0.2, 0.25) is 17.6 Å². The minimum absolute atomic E-state index is 0.0890. The van der Waals surface area contributed by atoms with Crippen molar-refractivity contribution in [3.8, 4) is 17.1 Å². The topological polar surface area (TPSA) is 74.9 Å². The Morgan fingerprint density at radius 2 is 1.69 bits per heavy atom. The van der Waals surface area contributed by atoms with Crippen LogP contribution >= 0.6 is 11.6 Å². The lowest BCUT2D eigenvalue weighted by molar-refractivity contribution is -0.137. The highest BCUT2D eigenvalue weighted by Gasteiger charge is 2.31. The van der Waals surface area contributed by atoms with Crippen molar-refractivity contribution in [2.45, 2.75) is 19.4 Å². The van der Waals surface area contributed by atoms with E-state index in [1.165, 1.54) is 5.69 Å². The number of benzene rings is 2. The number of anilines is 1. The average molecular weight is 496 g/mol. The number of rotatable bonds is 6. The van der Waals surface area contributed by atoms with E-state index >= 15 is 0 Å².